The molecule has 0 bridgehead atoms. The lowest BCUT2D eigenvalue weighted by Gasteiger charge is -2.05. The molecule has 0 radical (unpaired) electrons. The Morgan fingerprint density at radius 2 is 1.86 bits per heavy atom. The summed E-state index contributed by atoms with van der Waals surface area (Å²) in [6, 6.07) is 5.92. The molecule has 8 heteroatoms. The Bertz CT molecular complexity index is 908. The van der Waals surface area contributed by atoms with Gasteiger partial charge >= 0.3 is 0 Å². The molecule has 8 nitrogen and oxygen atoms in total. The van der Waals surface area contributed by atoms with Gasteiger partial charge < -0.3 is 4.98 Å². The monoisotopic (exact) mass is 285 g/mol. The molecular formula is C13H11N5O3. The van der Waals surface area contributed by atoms with Crippen LogP contribution in [0.2, 0.25) is 0 Å². The highest BCUT2D eigenvalue weighted by Crippen LogP contribution is 2.20. The van der Waals surface area contributed by atoms with Crippen molar-refractivity contribution >= 4 is 16.9 Å². The molecule has 2 heterocycles. The van der Waals surface area contributed by atoms with Gasteiger partial charge in [0.1, 0.15) is 11.6 Å². The number of benzene rings is 1. The van der Waals surface area contributed by atoms with Crippen LogP contribution in [0.1, 0.15) is 11.6 Å². The number of fused-ring (bicyclic) bond motifs is 1. The number of hydrogen-bond acceptors (Lipinski definition) is 5. The van der Waals surface area contributed by atoms with Gasteiger partial charge in [-0.05, 0) is 26.0 Å². The average Bonchev–Trinajstić information content (AvgIpc) is 2.75. The second kappa shape index (κ2) is 4.51. The van der Waals surface area contributed by atoms with E-state index in [2.05, 4.69) is 15.0 Å². The van der Waals surface area contributed by atoms with Gasteiger partial charge in [-0.3, -0.25) is 19.5 Å². The summed E-state index contributed by atoms with van der Waals surface area (Å²) >= 11 is 0. The number of H-pyrrole nitrogens is 1. The van der Waals surface area contributed by atoms with E-state index < -0.39 is 4.92 Å². The summed E-state index contributed by atoms with van der Waals surface area (Å²) in [6.07, 6.45) is 0. The highest BCUT2D eigenvalue weighted by Gasteiger charge is 2.15. The molecule has 21 heavy (non-hydrogen) atoms. The van der Waals surface area contributed by atoms with Crippen LogP contribution in [0.5, 0.6) is 0 Å². The van der Waals surface area contributed by atoms with Crippen molar-refractivity contribution in [3.63, 3.8) is 0 Å². The van der Waals surface area contributed by atoms with E-state index in [1.54, 1.807) is 30.5 Å². The van der Waals surface area contributed by atoms with E-state index >= 15 is 0 Å². The van der Waals surface area contributed by atoms with Gasteiger partial charge in [0.15, 0.2) is 11.2 Å². The standard InChI is InChI=1S/C13H11N5O3/c1-7-14-12-11(13(19)15-7)17(8(2)16-12)9-3-5-10(6-4-9)18(20)21/h3-6H,1-2H3,(H,14,15,19). The molecule has 3 rings (SSSR count). The van der Waals surface area contributed by atoms with Crippen LogP contribution in [-0.4, -0.2) is 24.4 Å². The molecule has 3 aromatic rings. The maximum atomic E-state index is 12.1. The summed E-state index contributed by atoms with van der Waals surface area (Å²) < 4.78 is 1.63. The summed E-state index contributed by atoms with van der Waals surface area (Å²) in [5.74, 6) is 1.07. The number of nitro benzene ring substituents is 1. The van der Waals surface area contributed by atoms with Gasteiger partial charge in [0.25, 0.3) is 11.2 Å². The van der Waals surface area contributed by atoms with Gasteiger partial charge in [0.2, 0.25) is 0 Å². The molecule has 1 N–H and O–H groups in total. The van der Waals surface area contributed by atoms with Crippen LogP contribution in [0.15, 0.2) is 29.1 Å². The summed E-state index contributed by atoms with van der Waals surface area (Å²) in [5, 5.41) is 10.7. The van der Waals surface area contributed by atoms with Crippen molar-refractivity contribution < 1.29 is 4.92 Å². The minimum Gasteiger partial charge on any atom is -0.309 e. The number of nitrogens with one attached hydrogen (secondary N) is 1. The molecule has 0 saturated heterocycles. The van der Waals surface area contributed by atoms with Crippen LogP contribution in [0.4, 0.5) is 5.69 Å². The summed E-state index contributed by atoms with van der Waals surface area (Å²) in [5.41, 5.74) is 0.996. The number of hydrogen-bond donors (Lipinski definition) is 1. The van der Waals surface area contributed by atoms with Crippen molar-refractivity contribution in [1.82, 2.24) is 19.5 Å². The first-order valence-corrected chi connectivity index (χ1v) is 6.18. The molecular weight excluding hydrogens is 274 g/mol. The first kappa shape index (κ1) is 13.0. The van der Waals surface area contributed by atoms with Crippen LogP contribution in [0.3, 0.4) is 0 Å². The molecule has 0 spiro atoms. The molecule has 2 aromatic heterocycles. The third-order valence-electron chi connectivity index (χ3n) is 3.13. The van der Waals surface area contributed by atoms with E-state index in [1.165, 1.54) is 12.1 Å². The predicted molar refractivity (Wildman–Crippen MR) is 75.6 cm³/mol. The van der Waals surface area contributed by atoms with Gasteiger partial charge in [0, 0.05) is 17.8 Å². The van der Waals surface area contributed by atoms with Gasteiger partial charge in [-0.2, -0.15) is 0 Å². The summed E-state index contributed by atoms with van der Waals surface area (Å²) in [7, 11) is 0. The Morgan fingerprint density at radius 3 is 2.48 bits per heavy atom. The topological polar surface area (TPSA) is 107 Å². The lowest BCUT2D eigenvalue weighted by atomic mass is 10.2. The molecule has 0 unspecified atom stereocenters. The number of aromatic nitrogens is 4. The Labute approximate surface area is 118 Å². The van der Waals surface area contributed by atoms with Crippen molar-refractivity contribution in [2.75, 3.05) is 0 Å². The lowest BCUT2D eigenvalue weighted by molar-refractivity contribution is -0.384. The smallest absolute Gasteiger partial charge is 0.277 e. The van der Waals surface area contributed by atoms with Gasteiger partial charge in [-0.1, -0.05) is 0 Å². The molecule has 0 aliphatic carbocycles. The van der Waals surface area contributed by atoms with Crippen molar-refractivity contribution in [3.8, 4) is 5.69 Å². The van der Waals surface area contributed by atoms with Gasteiger partial charge in [-0.25, -0.2) is 9.97 Å². The number of aromatic amines is 1. The maximum Gasteiger partial charge on any atom is 0.277 e. The number of rotatable bonds is 2. The number of nitro groups is 1. The van der Waals surface area contributed by atoms with Crippen molar-refractivity contribution in [2.24, 2.45) is 0 Å². The zero-order chi connectivity index (χ0) is 15.1. The Kier molecular flexibility index (Phi) is 2.79. The van der Waals surface area contributed by atoms with E-state index in [1.807, 2.05) is 0 Å². The van der Waals surface area contributed by atoms with E-state index in [4.69, 9.17) is 0 Å². The van der Waals surface area contributed by atoms with E-state index in [0.717, 1.165) is 0 Å². The van der Waals surface area contributed by atoms with Gasteiger partial charge in [0.05, 0.1) is 4.92 Å². The lowest BCUT2D eigenvalue weighted by Crippen LogP contribution is -2.13. The third kappa shape index (κ3) is 2.06. The quantitative estimate of drug-likeness (QED) is 0.569. The SMILES string of the molecule is Cc1nc2nc(C)n(-c3ccc([N+](=O)[O-])cc3)c2c(=O)[nH]1. The largest absolute Gasteiger partial charge is 0.309 e. The molecule has 106 valence electrons. The number of aryl methyl sites for hydroxylation is 2. The minimum atomic E-state index is -0.472. The molecule has 1 aromatic carbocycles. The molecule has 0 atom stereocenters. The maximum absolute atomic E-state index is 12.1. The second-order valence-electron chi connectivity index (χ2n) is 4.59. The van der Waals surface area contributed by atoms with Crippen molar-refractivity contribution in [1.29, 1.82) is 0 Å². The molecule has 0 fully saturated rings. The van der Waals surface area contributed by atoms with Crippen LogP contribution in [0, 0.1) is 24.0 Å². The highest BCUT2D eigenvalue weighted by molar-refractivity contribution is 5.73. The van der Waals surface area contributed by atoms with Crippen LogP contribution in [-0.2, 0) is 0 Å². The van der Waals surface area contributed by atoms with Crippen LogP contribution >= 0.6 is 0 Å². The first-order valence-electron chi connectivity index (χ1n) is 6.18. The summed E-state index contributed by atoms with van der Waals surface area (Å²) in [4.78, 5) is 33.4. The highest BCUT2D eigenvalue weighted by atomic mass is 16.6. The fraction of sp³-hybridized carbons (Fsp3) is 0.154. The van der Waals surface area contributed by atoms with Crippen molar-refractivity contribution in [3.05, 3.63) is 56.4 Å². The Hall–Kier alpha value is -3.03. The molecule has 0 aliphatic heterocycles. The fourth-order valence-corrected chi connectivity index (χ4v) is 2.25. The fourth-order valence-electron chi connectivity index (χ4n) is 2.25. The first-order chi connectivity index (χ1) is 9.97. The number of non-ortho nitro benzene ring substituents is 1. The number of nitrogens with zero attached hydrogens (tertiary/aromatic N) is 4. The van der Waals surface area contributed by atoms with Crippen molar-refractivity contribution in [2.45, 2.75) is 13.8 Å². The zero-order valence-corrected chi connectivity index (χ0v) is 11.3. The van der Waals surface area contributed by atoms with E-state index in [0.29, 0.717) is 28.5 Å². The molecule has 0 saturated carbocycles. The number of imidazole rings is 1. The molecule has 0 amide bonds. The average molecular weight is 285 g/mol. The zero-order valence-electron chi connectivity index (χ0n) is 11.3. The van der Waals surface area contributed by atoms with Crippen LogP contribution in [0.25, 0.3) is 16.9 Å². The predicted octanol–water partition coefficient (Wildman–Crippen LogP) is 1.63. The Balaban J connectivity index is 2.27. The normalized spacial score (nSPS) is 11.0. The van der Waals surface area contributed by atoms with Gasteiger partial charge in [-0.15, -0.1) is 0 Å². The summed E-state index contributed by atoms with van der Waals surface area (Å²) in [6.45, 7) is 3.43. The third-order valence-corrected chi connectivity index (χ3v) is 3.13. The Morgan fingerprint density at radius 1 is 1.19 bits per heavy atom. The molecule has 0 aliphatic rings. The van der Waals surface area contributed by atoms with E-state index in [9.17, 15) is 14.9 Å². The second-order valence-corrected chi connectivity index (χ2v) is 4.59. The van der Waals surface area contributed by atoms with Crippen LogP contribution < -0.4 is 5.56 Å². The minimum absolute atomic E-state index is 0.0105. The van der Waals surface area contributed by atoms with E-state index in [-0.39, 0.29) is 11.2 Å².